The van der Waals surface area contributed by atoms with Crippen LogP contribution in [0.3, 0.4) is 0 Å². The molecule has 0 radical (unpaired) electrons. The van der Waals surface area contributed by atoms with Crippen molar-refractivity contribution in [3.05, 3.63) is 58.6 Å². The van der Waals surface area contributed by atoms with Crippen molar-refractivity contribution < 1.29 is 14.4 Å². The smallest absolute Gasteiger partial charge is 0.299 e. The zero-order chi connectivity index (χ0) is 15.7. The van der Waals surface area contributed by atoms with E-state index in [0.29, 0.717) is 16.9 Å². The largest absolute Gasteiger partial charge is 0.325 e. The number of ketones is 1. The summed E-state index contributed by atoms with van der Waals surface area (Å²) in [5, 5.41) is 2.70. The highest BCUT2D eigenvalue weighted by Gasteiger charge is 2.36. The van der Waals surface area contributed by atoms with E-state index in [0.717, 1.165) is 4.47 Å². The van der Waals surface area contributed by atoms with Gasteiger partial charge >= 0.3 is 0 Å². The van der Waals surface area contributed by atoms with Gasteiger partial charge in [-0.05, 0) is 36.4 Å². The lowest BCUT2D eigenvalue weighted by atomic mass is 10.1. The number of amides is 2. The third kappa shape index (κ3) is 2.65. The standard InChI is InChI=1S/C16H11BrN2O3/c17-10-5-7-11(8-6-10)18-14(20)9-19-13-4-2-1-3-12(13)15(21)16(19)22/h1-8H,9H2,(H,18,20). The minimum Gasteiger partial charge on any atom is -0.325 e. The van der Waals surface area contributed by atoms with Gasteiger partial charge in [-0.3, -0.25) is 19.3 Å². The zero-order valence-electron chi connectivity index (χ0n) is 11.4. The van der Waals surface area contributed by atoms with Crippen LogP contribution < -0.4 is 10.2 Å². The molecule has 2 aromatic rings. The third-order valence-corrected chi connectivity index (χ3v) is 3.84. The van der Waals surface area contributed by atoms with Crippen LogP contribution in [0.25, 0.3) is 0 Å². The minimum atomic E-state index is -0.674. The molecule has 5 nitrogen and oxygen atoms in total. The van der Waals surface area contributed by atoms with Gasteiger partial charge in [0.1, 0.15) is 6.54 Å². The van der Waals surface area contributed by atoms with Crippen LogP contribution in [-0.2, 0) is 9.59 Å². The Kier molecular flexibility index (Phi) is 3.77. The predicted molar refractivity (Wildman–Crippen MR) is 85.9 cm³/mol. The second-order valence-electron chi connectivity index (χ2n) is 4.79. The van der Waals surface area contributed by atoms with Crippen LogP contribution in [0.15, 0.2) is 53.0 Å². The van der Waals surface area contributed by atoms with Crippen LogP contribution in [0.4, 0.5) is 11.4 Å². The number of nitrogens with zero attached hydrogens (tertiary/aromatic N) is 1. The summed E-state index contributed by atoms with van der Waals surface area (Å²) < 4.78 is 0.903. The second kappa shape index (κ2) is 5.73. The Labute approximate surface area is 135 Å². The molecule has 110 valence electrons. The molecule has 1 heterocycles. The number of anilines is 2. The number of nitrogens with one attached hydrogen (secondary N) is 1. The number of hydrogen-bond donors (Lipinski definition) is 1. The van der Waals surface area contributed by atoms with E-state index in [1.165, 1.54) is 4.90 Å². The maximum absolute atomic E-state index is 12.1. The molecule has 1 N–H and O–H groups in total. The average molecular weight is 359 g/mol. The number of carbonyl (C=O) groups excluding carboxylic acids is 3. The lowest BCUT2D eigenvalue weighted by Crippen LogP contribution is -2.37. The van der Waals surface area contributed by atoms with Crippen LogP contribution in [0.1, 0.15) is 10.4 Å². The summed E-state index contributed by atoms with van der Waals surface area (Å²) in [7, 11) is 0. The molecule has 3 rings (SSSR count). The van der Waals surface area contributed by atoms with Gasteiger partial charge in [-0.25, -0.2) is 0 Å². The first-order valence-corrected chi connectivity index (χ1v) is 7.36. The van der Waals surface area contributed by atoms with Gasteiger partial charge in [0.25, 0.3) is 11.7 Å². The highest BCUT2D eigenvalue weighted by atomic mass is 79.9. The first-order chi connectivity index (χ1) is 10.6. The normalized spacial score (nSPS) is 13.2. The molecule has 0 spiro atoms. The number of carbonyl (C=O) groups is 3. The summed E-state index contributed by atoms with van der Waals surface area (Å²) in [4.78, 5) is 37.1. The van der Waals surface area contributed by atoms with Crippen molar-refractivity contribution in [2.45, 2.75) is 0 Å². The number of Topliss-reactive ketones (excluding diaryl/α,β-unsaturated/α-hetero) is 1. The van der Waals surface area contributed by atoms with Gasteiger partial charge in [0.2, 0.25) is 5.91 Å². The molecule has 22 heavy (non-hydrogen) atoms. The number of hydrogen-bond acceptors (Lipinski definition) is 3. The molecule has 2 aromatic carbocycles. The number of fused-ring (bicyclic) bond motifs is 1. The first-order valence-electron chi connectivity index (χ1n) is 6.57. The first kappa shape index (κ1) is 14.5. The summed E-state index contributed by atoms with van der Waals surface area (Å²) in [6.07, 6.45) is 0. The van der Waals surface area contributed by atoms with Crippen LogP contribution in [-0.4, -0.2) is 24.1 Å². The van der Waals surface area contributed by atoms with Crippen LogP contribution in [0.5, 0.6) is 0 Å². The Balaban J connectivity index is 1.76. The lowest BCUT2D eigenvalue weighted by molar-refractivity contribution is -0.118. The predicted octanol–water partition coefficient (Wildman–Crippen LogP) is 2.62. The maximum atomic E-state index is 12.1. The molecule has 0 atom stereocenters. The van der Waals surface area contributed by atoms with Gasteiger partial charge in [-0.1, -0.05) is 28.1 Å². The Morgan fingerprint density at radius 1 is 1.05 bits per heavy atom. The quantitative estimate of drug-likeness (QED) is 0.857. The van der Waals surface area contributed by atoms with E-state index in [9.17, 15) is 14.4 Å². The molecule has 0 aliphatic carbocycles. The van der Waals surface area contributed by atoms with E-state index in [1.807, 2.05) is 0 Å². The fraction of sp³-hybridized carbons (Fsp3) is 0.0625. The fourth-order valence-electron chi connectivity index (χ4n) is 2.28. The molecule has 0 saturated heterocycles. The monoisotopic (exact) mass is 358 g/mol. The van der Waals surface area contributed by atoms with E-state index in [1.54, 1.807) is 48.5 Å². The van der Waals surface area contributed by atoms with Gasteiger partial charge in [0.05, 0.1) is 11.3 Å². The Hall–Kier alpha value is -2.47. The number of rotatable bonds is 3. The Morgan fingerprint density at radius 2 is 1.73 bits per heavy atom. The van der Waals surface area contributed by atoms with Crippen molar-refractivity contribution >= 4 is 44.9 Å². The Bertz CT molecular complexity index is 771. The van der Waals surface area contributed by atoms with Gasteiger partial charge in [-0.15, -0.1) is 0 Å². The van der Waals surface area contributed by atoms with Crippen molar-refractivity contribution in [1.82, 2.24) is 0 Å². The van der Waals surface area contributed by atoms with E-state index in [-0.39, 0.29) is 12.5 Å². The molecular formula is C16H11BrN2O3. The van der Waals surface area contributed by atoms with Gasteiger partial charge in [0.15, 0.2) is 0 Å². The van der Waals surface area contributed by atoms with Crippen molar-refractivity contribution in [3.8, 4) is 0 Å². The number of benzene rings is 2. The van der Waals surface area contributed by atoms with E-state index >= 15 is 0 Å². The Morgan fingerprint density at radius 3 is 2.45 bits per heavy atom. The summed E-state index contributed by atoms with van der Waals surface area (Å²) in [5.74, 6) is -1.61. The van der Waals surface area contributed by atoms with Crippen LogP contribution in [0.2, 0.25) is 0 Å². The molecule has 0 aromatic heterocycles. The summed E-state index contributed by atoms with van der Waals surface area (Å²) >= 11 is 3.31. The number of halogens is 1. The molecule has 0 bridgehead atoms. The van der Waals surface area contributed by atoms with Gasteiger partial charge < -0.3 is 5.32 Å². The van der Waals surface area contributed by atoms with Crippen molar-refractivity contribution in [2.75, 3.05) is 16.8 Å². The molecule has 0 fully saturated rings. The van der Waals surface area contributed by atoms with E-state index < -0.39 is 11.7 Å². The topological polar surface area (TPSA) is 66.5 Å². The van der Waals surface area contributed by atoms with Crippen molar-refractivity contribution in [2.24, 2.45) is 0 Å². The summed E-state index contributed by atoms with van der Waals surface area (Å²) in [5.41, 5.74) is 1.44. The maximum Gasteiger partial charge on any atom is 0.299 e. The molecule has 1 aliphatic rings. The van der Waals surface area contributed by atoms with Crippen LogP contribution >= 0.6 is 15.9 Å². The molecule has 0 unspecified atom stereocenters. The summed E-state index contributed by atoms with van der Waals surface area (Å²) in [6, 6.07) is 13.7. The molecular weight excluding hydrogens is 348 g/mol. The fourth-order valence-corrected chi connectivity index (χ4v) is 2.55. The molecule has 2 amide bonds. The molecule has 6 heteroatoms. The lowest BCUT2D eigenvalue weighted by Gasteiger charge is -2.16. The number of para-hydroxylation sites is 1. The molecule has 1 aliphatic heterocycles. The van der Waals surface area contributed by atoms with Crippen LogP contribution in [0, 0.1) is 0 Å². The van der Waals surface area contributed by atoms with Crippen molar-refractivity contribution in [1.29, 1.82) is 0 Å². The van der Waals surface area contributed by atoms with E-state index in [2.05, 4.69) is 21.2 Å². The average Bonchev–Trinajstić information content (AvgIpc) is 2.75. The SMILES string of the molecule is O=C(CN1C(=O)C(=O)c2ccccc21)Nc1ccc(Br)cc1. The summed E-state index contributed by atoms with van der Waals surface area (Å²) in [6.45, 7) is -0.197. The highest BCUT2D eigenvalue weighted by molar-refractivity contribution is 9.10. The third-order valence-electron chi connectivity index (χ3n) is 3.31. The zero-order valence-corrected chi connectivity index (χ0v) is 13.0. The minimum absolute atomic E-state index is 0.197. The van der Waals surface area contributed by atoms with Gasteiger partial charge in [0, 0.05) is 10.2 Å². The second-order valence-corrected chi connectivity index (χ2v) is 5.71. The highest BCUT2D eigenvalue weighted by Crippen LogP contribution is 2.28. The van der Waals surface area contributed by atoms with E-state index in [4.69, 9.17) is 0 Å². The molecule has 0 saturated carbocycles. The van der Waals surface area contributed by atoms with Crippen molar-refractivity contribution in [3.63, 3.8) is 0 Å². The van der Waals surface area contributed by atoms with Gasteiger partial charge in [-0.2, -0.15) is 0 Å².